The average Bonchev–Trinajstić information content (AvgIpc) is 3.13. The van der Waals surface area contributed by atoms with Gasteiger partial charge in [-0.05, 0) is 31.4 Å². The van der Waals surface area contributed by atoms with Gasteiger partial charge in [0.1, 0.15) is 21.9 Å². The van der Waals surface area contributed by atoms with Crippen LogP contribution < -0.4 is 0 Å². The van der Waals surface area contributed by atoms with Gasteiger partial charge in [0, 0.05) is 30.5 Å². The molecule has 3 heterocycles. The Morgan fingerprint density at radius 2 is 2.26 bits per heavy atom. The maximum Gasteiger partial charge on any atom is 0.352 e. The van der Waals surface area contributed by atoms with Crippen LogP contribution in [0.5, 0.6) is 0 Å². The number of aromatic nitrogens is 3. The molecule has 0 bridgehead atoms. The second-order valence-electron chi connectivity index (χ2n) is 5.69. The molecule has 0 radical (unpaired) electrons. The number of aromatic amines is 1. The number of thiazole rings is 1. The van der Waals surface area contributed by atoms with Gasteiger partial charge in [0.25, 0.3) is 0 Å². The molecule has 0 saturated heterocycles. The summed E-state index contributed by atoms with van der Waals surface area (Å²) in [6.07, 6.45) is 6.66. The molecule has 0 spiro atoms. The van der Waals surface area contributed by atoms with Crippen molar-refractivity contribution in [2.24, 2.45) is 0 Å². The minimum atomic E-state index is -0.994. The van der Waals surface area contributed by atoms with E-state index in [1.807, 2.05) is 12.3 Å². The maximum absolute atomic E-state index is 11.2. The van der Waals surface area contributed by atoms with Crippen molar-refractivity contribution in [1.82, 2.24) is 15.0 Å². The number of hydrogen-bond acceptors (Lipinski definition) is 5. The van der Waals surface area contributed by atoms with E-state index >= 15 is 0 Å². The molecule has 0 unspecified atom stereocenters. The molecule has 0 aromatic carbocycles. The lowest BCUT2D eigenvalue weighted by Gasteiger charge is -2.38. The maximum atomic E-state index is 11.2. The van der Waals surface area contributed by atoms with Gasteiger partial charge in [-0.15, -0.1) is 11.3 Å². The number of carboxylic acid groups (broad SMARTS) is 1. The molecule has 3 aromatic rings. The summed E-state index contributed by atoms with van der Waals surface area (Å²) >= 11 is 1.60. The van der Waals surface area contributed by atoms with E-state index in [1.54, 1.807) is 30.7 Å². The number of pyridine rings is 1. The quantitative estimate of drug-likeness (QED) is 0.766. The molecule has 0 amide bonds. The lowest BCUT2D eigenvalue weighted by Crippen LogP contribution is -2.35. The van der Waals surface area contributed by atoms with Crippen molar-refractivity contribution in [2.45, 2.75) is 24.9 Å². The van der Waals surface area contributed by atoms with Crippen molar-refractivity contribution >= 4 is 28.3 Å². The van der Waals surface area contributed by atoms with Gasteiger partial charge in [-0.1, -0.05) is 0 Å². The van der Waals surface area contributed by atoms with Gasteiger partial charge in [-0.3, -0.25) is 0 Å². The molecule has 1 saturated carbocycles. The number of fused-ring (bicyclic) bond motifs is 1. The van der Waals surface area contributed by atoms with Gasteiger partial charge in [0.15, 0.2) is 0 Å². The molecule has 1 aliphatic rings. The Balaban J connectivity index is 1.80. The number of aromatic carboxylic acids is 1. The smallest absolute Gasteiger partial charge is 0.352 e. The summed E-state index contributed by atoms with van der Waals surface area (Å²) in [5, 5.41) is 10.9. The zero-order chi connectivity index (χ0) is 16.0. The Labute approximate surface area is 136 Å². The van der Waals surface area contributed by atoms with E-state index in [0.717, 1.165) is 40.1 Å². The molecule has 0 aliphatic heterocycles. The summed E-state index contributed by atoms with van der Waals surface area (Å²) in [5.41, 5.74) is 1.41. The minimum absolute atomic E-state index is 0.136. The van der Waals surface area contributed by atoms with Crippen LogP contribution in [0, 0.1) is 0 Å². The van der Waals surface area contributed by atoms with Crippen molar-refractivity contribution in [3.8, 4) is 10.4 Å². The van der Waals surface area contributed by atoms with Crippen molar-refractivity contribution < 1.29 is 14.6 Å². The van der Waals surface area contributed by atoms with Crippen molar-refractivity contribution in [3.63, 3.8) is 0 Å². The Morgan fingerprint density at radius 3 is 2.91 bits per heavy atom. The van der Waals surface area contributed by atoms with Gasteiger partial charge < -0.3 is 14.8 Å². The van der Waals surface area contributed by atoms with E-state index in [4.69, 9.17) is 9.84 Å². The molecule has 7 heteroatoms. The number of rotatable bonds is 4. The van der Waals surface area contributed by atoms with E-state index in [1.165, 1.54) is 0 Å². The zero-order valence-corrected chi connectivity index (χ0v) is 13.3. The zero-order valence-electron chi connectivity index (χ0n) is 12.5. The molecule has 4 rings (SSSR count). The van der Waals surface area contributed by atoms with Crippen LogP contribution in [-0.4, -0.2) is 33.1 Å². The van der Waals surface area contributed by atoms with Crippen molar-refractivity contribution in [1.29, 1.82) is 0 Å². The van der Waals surface area contributed by atoms with Crippen LogP contribution in [0.15, 0.2) is 24.5 Å². The summed E-state index contributed by atoms with van der Waals surface area (Å²) in [6, 6.07) is 3.51. The van der Waals surface area contributed by atoms with Crippen LogP contribution in [0.2, 0.25) is 0 Å². The van der Waals surface area contributed by atoms with Crippen LogP contribution in [0.25, 0.3) is 21.5 Å². The molecule has 1 aliphatic carbocycles. The predicted octanol–water partition coefficient (Wildman–Crippen LogP) is 3.41. The Morgan fingerprint density at radius 1 is 1.43 bits per heavy atom. The van der Waals surface area contributed by atoms with Crippen LogP contribution in [0.4, 0.5) is 0 Å². The normalized spacial score (nSPS) is 16.4. The third-order valence-electron chi connectivity index (χ3n) is 4.48. The second kappa shape index (κ2) is 5.14. The fourth-order valence-corrected chi connectivity index (χ4v) is 4.15. The monoisotopic (exact) mass is 329 g/mol. The fraction of sp³-hybridized carbons (Fsp3) is 0.312. The molecular formula is C16H15N3O3S. The van der Waals surface area contributed by atoms with Crippen molar-refractivity contribution in [2.75, 3.05) is 7.11 Å². The number of hydrogen-bond donors (Lipinski definition) is 2. The predicted molar refractivity (Wildman–Crippen MR) is 86.7 cm³/mol. The molecule has 23 heavy (non-hydrogen) atoms. The standard InChI is InChI=1S/C16H15N3O3S/c1-22-16(4-2-5-16)15-18-8-12(23-15)9-3-6-17-13-10(9)7-11(19-13)14(20)21/h3,6-8H,2,4-5H2,1H3,(H,17,19)(H,20,21). The molecule has 0 atom stereocenters. The van der Waals surface area contributed by atoms with Gasteiger partial charge in [-0.25, -0.2) is 14.8 Å². The summed E-state index contributed by atoms with van der Waals surface area (Å²) < 4.78 is 5.68. The number of ether oxygens (including phenoxy) is 1. The minimum Gasteiger partial charge on any atom is -0.477 e. The Kier molecular flexibility index (Phi) is 3.21. The Bertz CT molecular complexity index is 889. The summed E-state index contributed by atoms with van der Waals surface area (Å²) in [5.74, 6) is -0.994. The van der Waals surface area contributed by atoms with Crippen LogP contribution in [0.1, 0.15) is 34.8 Å². The highest BCUT2D eigenvalue weighted by Crippen LogP contribution is 2.47. The SMILES string of the molecule is COC1(c2ncc(-c3ccnc4[nH]c(C(=O)O)cc34)s2)CCC1. The molecule has 3 aromatic heterocycles. The van der Waals surface area contributed by atoms with Crippen molar-refractivity contribution in [3.05, 3.63) is 35.2 Å². The highest BCUT2D eigenvalue weighted by atomic mass is 32.1. The van der Waals surface area contributed by atoms with E-state index in [0.29, 0.717) is 5.65 Å². The van der Waals surface area contributed by atoms with Gasteiger partial charge in [0.2, 0.25) is 0 Å². The number of carbonyl (C=O) groups is 1. The third kappa shape index (κ3) is 2.15. The first-order valence-electron chi connectivity index (χ1n) is 7.36. The number of methoxy groups -OCH3 is 1. The van der Waals surface area contributed by atoms with E-state index < -0.39 is 5.97 Å². The van der Waals surface area contributed by atoms with E-state index in [-0.39, 0.29) is 11.3 Å². The number of nitrogens with zero attached hydrogens (tertiary/aromatic N) is 2. The van der Waals surface area contributed by atoms with Crippen LogP contribution >= 0.6 is 11.3 Å². The molecule has 6 nitrogen and oxygen atoms in total. The fourth-order valence-electron chi connectivity index (χ4n) is 2.97. The number of H-pyrrole nitrogens is 1. The first-order valence-corrected chi connectivity index (χ1v) is 8.17. The largest absolute Gasteiger partial charge is 0.477 e. The lowest BCUT2D eigenvalue weighted by molar-refractivity contribution is -0.0779. The highest BCUT2D eigenvalue weighted by Gasteiger charge is 2.41. The van der Waals surface area contributed by atoms with Crippen LogP contribution in [-0.2, 0) is 10.3 Å². The number of nitrogens with one attached hydrogen (secondary N) is 1. The average molecular weight is 329 g/mol. The molecule has 118 valence electrons. The lowest BCUT2D eigenvalue weighted by atomic mass is 9.80. The topological polar surface area (TPSA) is 88.1 Å². The summed E-state index contributed by atoms with van der Waals surface area (Å²) in [6.45, 7) is 0. The molecular weight excluding hydrogens is 314 g/mol. The van der Waals surface area contributed by atoms with Gasteiger partial charge >= 0.3 is 5.97 Å². The second-order valence-corrected chi connectivity index (χ2v) is 6.72. The highest BCUT2D eigenvalue weighted by molar-refractivity contribution is 7.15. The van der Waals surface area contributed by atoms with Gasteiger partial charge in [-0.2, -0.15) is 0 Å². The summed E-state index contributed by atoms with van der Waals surface area (Å²) in [7, 11) is 1.73. The van der Waals surface area contributed by atoms with E-state index in [2.05, 4.69) is 15.0 Å². The van der Waals surface area contributed by atoms with E-state index in [9.17, 15) is 4.79 Å². The van der Waals surface area contributed by atoms with Gasteiger partial charge in [0.05, 0.1) is 4.88 Å². The molecule has 2 N–H and O–H groups in total. The summed E-state index contributed by atoms with van der Waals surface area (Å²) in [4.78, 5) is 23.7. The van der Waals surface area contributed by atoms with Crippen LogP contribution in [0.3, 0.4) is 0 Å². The number of carboxylic acids is 1. The first-order chi connectivity index (χ1) is 11.1. The third-order valence-corrected chi connectivity index (χ3v) is 5.69. The molecule has 1 fully saturated rings. The first kappa shape index (κ1) is 14.3. The Hall–Kier alpha value is -2.25.